The van der Waals surface area contributed by atoms with Gasteiger partial charge in [-0.1, -0.05) is 19.3 Å². The Morgan fingerprint density at radius 3 is 2.48 bits per heavy atom. The fourth-order valence-electron chi connectivity index (χ4n) is 2.77. The number of nitrogens with zero attached hydrogens (tertiary/aromatic N) is 3. The number of nitriles is 1. The predicted molar refractivity (Wildman–Crippen MR) is 73.7 cm³/mol. The summed E-state index contributed by atoms with van der Waals surface area (Å²) >= 11 is 0. The van der Waals surface area contributed by atoms with Crippen LogP contribution >= 0.6 is 0 Å². The Labute approximate surface area is 124 Å². The molecule has 1 aliphatic rings. The van der Waals surface area contributed by atoms with E-state index in [2.05, 4.69) is 6.07 Å². The fraction of sp³-hybridized carbons (Fsp3) is 0.857. The lowest BCUT2D eigenvalue weighted by atomic mass is 9.81. The van der Waals surface area contributed by atoms with Gasteiger partial charge in [0.15, 0.2) is 0 Å². The SMILES string of the molecule is CN(C(=O)CN(CCO)CC(F)F)C1(C#N)CCCCC1. The van der Waals surface area contributed by atoms with E-state index in [1.807, 2.05) is 0 Å². The van der Waals surface area contributed by atoms with Crippen molar-refractivity contribution in [2.75, 3.05) is 33.3 Å². The van der Waals surface area contributed by atoms with Gasteiger partial charge in [-0.2, -0.15) is 5.26 Å². The van der Waals surface area contributed by atoms with Crippen molar-refractivity contribution >= 4 is 5.91 Å². The van der Waals surface area contributed by atoms with Crippen molar-refractivity contribution in [2.45, 2.75) is 44.1 Å². The summed E-state index contributed by atoms with van der Waals surface area (Å²) in [6.07, 6.45) is 1.52. The van der Waals surface area contributed by atoms with Gasteiger partial charge in [-0.3, -0.25) is 9.69 Å². The standard InChI is InChI=1S/C14H23F2N3O2/c1-18(14(11-17)5-3-2-4-6-14)13(21)10-19(7-8-20)9-12(15)16/h12,20H,2-10H2,1H3. The molecule has 0 bridgehead atoms. The molecule has 1 aliphatic carbocycles. The maximum atomic E-state index is 12.5. The number of aliphatic hydroxyl groups is 1. The number of halogens is 2. The predicted octanol–water partition coefficient (Wildman–Crippen LogP) is 1.23. The summed E-state index contributed by atoms with van der Waals surface area (Å²) in [5.41, 5.74) is -0.814. The Morgan fingerprint density at radius 1 is 1.38 bits per heavy atom. The summed E-state index contributed by atoms with van der Waals surface area (Å²) in [4.78, 5) is 14.9. The monoisotopic (exact) mass is 303 g/mol. The number of carbonyl (C=O) groups excluding carboxylic acids is 1. The third-order valence-electron chi connectivity index (χ3n) is 4.08. The molecule has 120 valence electrons. The third-order valence-corrected chi connectivity index (χ3v) is 4.08. The molecule has 0 aromatic rings. The van der Waals surface area contributed by atoms with Gasteiger partial charge < -0.3 is 10.0 Å². The van der Waals surface area contributed by atoms with Crippen LogP contribution in [0.4, 0.5) is 8.78 Å². The van der Waals surface area contributed by atoms with Gasteiger partial charge in [0.05, 0.1) is 25.8 Å². The first kappa shape index (κ1) is 17.8. The van der Waals surface area contributed by atoms with E-state index in [0.29, 0.717) is 12.8 Å². The molecule has 0 aliphatic heterocycles. The normalized spacial score (nSPS) is 17.8. The summed E-state index contributed by atoms with van der Waals surface area (Å²) < 4.78 is 24.9. The van der Waals surface area contributed by atoms with Crippen molar-refractivity contribution in [3.05, 3.63) is 0 Å². The number of carbonyl (C=O) groups is 1. The Morgan fingerprint density at radius 2 is 2.00 bits per heavy atom. The summed E-state index contributed by atoms with van der Waals surface area (Å²) in [5.74, 6) is -0.354. The molecule has 1 rings (SSSR count). The number of hydrogen-bond donors (Lipinski definition) is 1. The first-order chi connectivity index (χ1) is 9.95. The van der Waals surface area contributed by atoms with E-state index in [0.717, 1.165) is 19.3 Å². The molecule has 1 N–H and O–H groups in total. The van der Waals surface area contributed by atoms with E-state index in [1.165, 1.54) is 9.80 Å². The molecule has 0 aromatic heterocycles. The Hall–Kier alpha value is -1.26. The second-order valence-corrected chi connectivity index (χ2v) is 5.51. The molecule has 0 atom stereocenters. The minimum Gasteiger partial charge on any atom is -0.395 e. The lowest BCUT2D eigenvalue weighted by Gasteiger charge is -2.39. The van der Waals surface area contributed by atoms with E-state index in [-0.39, 0.29) is 25.6 Å². The molecule has 0 aromatic carbocycles. The topological polar surface area (TPSA) is 67.6 Å². The molecular weight excluding hydrogens is 280 g/mol. The fourth-order valence-corrected chi connectivity index (χ4v) is 2.77. The second kappa shape index (κ2) is 8.25. The molecule has 21 heavy (non-hydrogen) atoms. The maximum Gasteiger partial charge on any atom is 0.251 e. The van der Waals surface area contributed by atoms with E-state index in [9.17, 15) is 18.8 Å². The van der Waals surface area contributed by atoms with Crippen molar-refractivity contribution in [1.29, 1.82) is 5.26 Å². The molecule has 1 saturated carbocycles. The zero-order valence-corrected chi connectivity index (χ0v) is 12.4. The third kappa shape index (κ3) is 4.90. The lowest BCUT2D eigenvalue weighted by molar-refractivity contribution is -0.136. The van der Waals surface area contributed by atoms with Gasteiger partial charge in [-0.15, -0.1) is 0 Å². The van der Waals surface area contributed by atoms with Crippen molar-refractivity contribution in [1.82, 2.24) is 9.80 Å². The number of hydrogen-bond acceptors (Lipinski definition) is 4. The first-order valence-electron chi connectivity index (χ1n) is 7.24. The largest absolute Gasteiger partial charge is 0.395 e. The summed E-state index contributed by atoms with van der Waals surface area (Å²) in [7, 11) is 1.57. The van der Waals surface area contributed by atoms with Crippen LogP contribution in [0, 0.1) is 11.3 Å². The van der Waals surface area contributed by atoms with Gasteiger partial charge in [-0.05, 0) is 12.8 Å². The summed E-state index contributed by atoms with van der Waals surface area (Å²) in [6, 6.07) is 2.23. The highest BCUT2D eigenvalue weighted by atomic mass is 19.3. The van der Waals surface area contributed by atoms with Crippen LogP contribution in [0.3, 0.4) is 0 Å². The van der Waals surface area contributed by atoms with Crippen LogP contribution in [0.15, 0.2) is 0 Å². The van der Waals surface area contributed by atoms with Crippen molar-refractivity contribution < 1.29 is 18.7 Å². The molecular formula is C14H23F2N3O2. The minimum absolute atomic E-state index is 0.0173. The van der Waals surface area contributed by atoms with E-state index >= 15 is 0 Å². The van der Waals surface area contributed by atoms with E-state index in [1.54, 1.807) is 7.05 Å². The van der Waals surface area contributed by atoms with Gasteiger partial charge in [-0.25, -0.2) is 8.78 Å². The number of rotatable bonds is 7. The lowest BCUT2D eigenvalue weighted by Crippen LogP contribution is -2.53. The molecule has 0 heterocycles. The molecule has 1 amide bonds. The van der Waals surface area contributed by atoms with Crippen LogP contribution in [0.1, 0.15) is 32.1 Å². The maximum absolute atomic E-state index is 12.5. The van der Waals surface area contributed by atoms with Crippen LogP contribution in [0.25, 0.3) is 0 Å². The number of likely N-dealkylation sites (N-methyl/N-ethyl adjacent to an activating group) is 1. The number of aliphatic hydroxyl groups excluding tert-OH is 1. The average molecular weight is 303 g/mol. The van der Waals surface area contributed by atoms with Crippen molar-refractivity contribution in [3.8, 4) is 6.07 Å². The first-order valence-corrected chi connectivity index (χ1v) is 7.24. The number of alkyl halides is 2. The molecule has 7 heteroatoms. The van der Waals surface area contributed by atoms with Crippen LogP contribution in [-0.2, 0) is 4.79 Å². The Kier molecular flexibility index (Phi) is 6.99. The van der Waals surface area contributed by atoms with Gasteiger partial charge in [0.1, 0.15) is 5.54 Å². The zero-order chi connectivity index (χ0) is 15.9. The van der Waals surface area contributed by atoms with Crippen LogP contribution in [0.5, 0.6) is 0 Å². The highest BCUT2D eigenvalue weighted by Crippen LogP contribution is 2.32. The molecule has 0 saturated heterocycles. The minimum atomic E-state index is -2.56. The van der Waals surface area contributed by atoms with Gasteiger partial charge in [0.25, 0.3) is 6.43 Å². The van der Waals surface area contributed by atoms with Crippen LogP contribution in [-0.4, -0.2) is 66.1 Å². The van der Waals surface area contributed by atoms with E-state index < -0.39 is 18.5 Å². The van der Waals surface area contributed by atoms with Crippen molar-refractivity contribution in [3.63, 3.8) is 0 Å². The quantitative estimate of drug-likeness (QED) is 0.768. The smallest absolute Gasteiger partial charge is 0.251 e. The highest BCUT2D eigenvalue weighted by Gasteiger charge is 2.39. The molecule has 0 radical (unpaired) electrons. The molecule has 1 fully saturated rings. The Balaban J connectivity index is 2.69. The van der Waals surface area contributed by atoms with Gasteiger partial charge >= 0.3 is 0 Å². The number of amides is 1. The summed E-state index contributed by atoms with van der Waals surface area (Å²) in [6.45, 7) is -1.03. The van der Waals surface area contributed by atoms with Crippen molar-refractivity contribution in [2.24, 2.45) is 0 Å². The van der Waals surface area contributed by atoms with Gasteiger partial charge in [0, 0.05) is 13.6 Å². The van der Waals surface area contributed by atoms with Crippen LogP contribution in [0.2, 0.25) is 0 Å². The Bertz CT molecular complexity index is 379. The highest BCUT2D eigenvalue weighted by molar-refractivity contribution is 5.79. The van der Waals surface area contributed by atoms with Crippen LogP contribution < -0.4 is 0 Å². The van der Waals surface area contributed by atoms with Gasteiger partial charge in [0.2, 0.25) is 5.91 Å². The van der Waals surface area contributed by atoms with E-state index in [4.69, 9.17) is 5.11 Å². The summed E-state index contributed by atoms with van der Waals surface area (Å²) in [5, 5.41) is 18.3. The molecule has 0 unspecified atom stereocenters. The average Bonchev–Trinajstić information content (AvgIpc) is 2.46. The molecule has 5 nitrogen and oxygen atoms in total. The zero-order valence-electron chi connectivity index (χ0n) is 12.4. The second-order valence-electron chi connectivity index (χ2n) is 5.51. The molecule has 0 spiro atoms.